The van der Waals surface area contributed by atoms with Crippen molar-refractivity contribution in [3.8, 4) is 11.1 Å². The smallest absolute Gasteiger partial charge is 0.262 e. The molecule has 38 heavy (non-hydrogen) atoms. The van der Waals surface area contributed by atoms with Crippen molar-refractivity contribution in [3.05, 3.63) is 53.4 Å². The van der Waals surface area contributed by atoms with Crippen LogP contribution in [0.5, 0.6) is 0 Å². The Morgan fingerprint density at radius 1 is 1.16 bits per heavy atom. The van der Waals surface area contributed by atoms with Gasteiger partial charge in [0.05, 0.1) is 11.4 Å². The maximum Gasteiger partial charge on any atom is 0.262 e. The summed E-state index contributed by atoms with van der Waals surface area (Å²) in [5, 5.41) is 21.9. The molecule has 0 aliphatic carbocycles. The van der Waals surface area contributed by atoms with Crippen LogP contribution in [0.2, 0.25) is 0 Å². The topological polar surface area (TPSA) is 151 Å². The zero-order valence-electron chi connectivity index (χ0n) is 21.0. The summed E-state index contributed by atoms with van der Waals surface area (Å²) < 4.78 is 17.2. The first-order chi connectivity index (χ1) is 18.0. The molecule has 1 aromatic carbocycles. The number of aromatic nitrogens is 4. The Bertz CT molecular complexity index is 1680. The standard InChI is InChI=1S/C26H25FN8O3/c1-12-16(9-30-24-23(12)32-25(37)26(24,2)38)15-6-13-7-18(29-10-17(13)22(28)21(15)27)31-19-8-14-4-5-34(3)20(36)11-35(14)33-19/h6-10,38H,4-5,11,28H2,1-3H3,(H,32,37)(H,29,31,33)/t26-/m1/s1. The number of fused-ring (bicyclic) bond motifs is 3. The molecule has 12 heteroatoms. The fraction of sp³-hybridized carbons (Fsp3) is 0.269. The van der Waals surface area contributed by atoms with E-state index < -0.39 is 17.3 Å². The molecule has 5 N–H and O–H groups in total. The number of nitrogens with one attached hydrogen (secondary N) is 2. The lowest BCUT2D eigenvalue weighted by atomic mass is 9.95. The van der Waals surface area contributed by atoms with Crippen LogP contribution in [0.15, 0.2) is 30.6 Å². The van der Waals surface area contributed by atoms with Crippen molar-refractivity contribution in [2.45, 2.75) is 32.4 Å². The van der Waals surface area contributed by atoms with Gasteiger partial charge in [0, 0.05) is 60.7 Å². The van der Waals surface area contributed by atoms with Crippen LogP contribution in [-0.2, 0) is 28.2 Å². The van der Waals surface area contributed by atoms with Gasteiger partial charge in [-0.2, -0.15) is 5.10 Å². The number of nitrogens with two attached hydrogens (primary N) is 1. The number of aliphatic hydroxyl groups is 1. The minimum Gasteiger partial charge on any atom is -0.396 e. The summed E-state index contributed by atoms with van der Waals surface area (Å²) in [5.74, 6) is -0.215. The van der Waals surface area contributed by atoms with Gasteiger partial charge in [-0.05, 0) is 36.9 Å². The van der Waals surface area contributed by atoms with E-state index in [1.165, 1.54) is 19.3 Å². The Labute approximate surface area is 216 Å². The highest BCUT2D eigenvalue weighted by atomic mass is 19.1. The summed E-state index contributed by atoms with van der Waals surface area (Å²) in [4.78, 5) is 34.7. The number of carbonyl (C=O) groups is 2. The Balaban J connectivity index is 1.38. The number of nitrogens with zero attached hydrogens (tertiary/aromatic N) is 5. The second kappa shape index (κ2) is 8.21. The molecule has 2 aliphatic rings. The zero-order valence-corrected chi connectivity index (χ0v) is 21.0. The van der Waals surface area contributed by atoms with Crippen molar-refractivity contribution in [1.82, 2.24) is 24.6 Å². The quantitative estimate of drug-likeness (QED) is 0.303. The Morgan fingerprint density at radius 3 is 2.74 bits per heavy atom. The lowest BCUT2D eigenvalue weighted by Gasteiger charge is -2.16. The van der Waals surface area contributed by atoms with Crippen molar-refractivity contribution in [2.75, 3.05) is 30.0 Å². The van der Waals surface area contributed by atoms with E-state index in [0.29, 0.717) is 52.2 Å². The normalized spacial score (nSPS) is 18.8. The maximum absolute atomic E-state index is 15.5. The number of hydrogen-bond donors (Lipinski definition) is 4. The lowest BCUT2D eigenvalue weighted by molar-refractivity contribution is -0.132. The maximum atomic E-state index is 15.5. The number of halogens is 1. The minimum absolute atomic E-state index is 0.00761. The average Bonchev–Trinajstić information content (AvgIpc) is 3.32. The molecule has 4 aromatic rings. The van der Waals surface area contributed by atoms with Gasteiger partial charge in [0.25, 0.3) is 5.91 Å². The lowest BCUT2D eigenvalue weighted by Crippen LogP contribution is -2.30. The third-order valence-electron chi connectivity index (χ3n) is 7.30. The van der Waals surface area contributed by atoms with E-state index in [0.717, 1.165) is 5.69 Å². The fourth-order valence-corrected chi connectivity index (χ4v) is 4.94. The van der Waals surface area contributed by atoms with Crippen molar-refractivity contribution in [2.24, 2.45) is 0 Å². The third kappa shape index (κ3) is 3.56. The predicted octanol–water partition coefficient (Wildman–Crippen LogP) is 2.44. The number of nitrogen functional groups attached to an aromatic ring is 1. The number of anilines is 4. The van der Waals surface area contributed by atoms with Crippen LogP contribution in [0.25, 0.3) is 21.9 Å². The number of likely N-dealkylation sites (N-methyl/N-ethyl adjacent to an activating group) is 1. The van der Waals surface area contributed by atoms with Crippen LogP contribution in [0, 0.1) is 12.7 Å². The summed E-state index contributed by atoms with van der Waals surface area (Å²) in [5.41, 5.74) is 7.04. The first-order valence-corrected chi connectivity index (χ1v) is 12.0. The molecule has 0 bridgehead atoms. The molecular weight excluding hydrogens is 491 g/mol. The van der Waals surface area contributed by atoms with Gasteiger partial charge in [-0.1, -0.05) is 0 Å². The van der Waals surface area contributed by atoms with Gasteiger partial charge in [-0.25, -0.2) is 9.37 Å². The molecule has 0 radical (unpaired) electrons. The molecule has 2 amide bonds. The van der Waals surface area contributed by atoms with E-state index in [1.54, 1.807) is 35.7 Å². The first kappa shape index (κ1) is 23.8. The SMILES string of the molecule is Cc1c(-c2cc3cc(Nc4cc5n(n4)CC(=O)N(C)CC5)ncc3c(N)c2F)cnc2c1NC(=O)[C@]2(C)O. The van der Waals surface area contributed by atoms with Crippen LogP contribution < -0.4 is 16.4 Å². The van der Waals surface area contributed by atoms with Gasteiger partial charge in [0.1, 0.15) is 18.1 Å². The summed E-state index contributed by atoms with van der Waals surface area (Å²) in [6.45, 7) is 3.87. The molecule has 194 valence electrons. The van der Waals surface area contributed by atoms with Crippen molar-refractivity contribution < 1.29 is 19.1 Å². The largest absolute Gasteiger partial charge is 0.396 e. The van der Waals surface area contributed by atoms with Gasteiger partial charge in [-0.3, -0.25) is 19.3 Å². The molecule has 1 atom stereocenters. The summed E-state index contributed by atoms with van der Waals surface area (Å²) >= 11 is 0. The Kier molecular flexibility index (Phi) is 5.14. The predicted molar refractivity (Wildman–Crippen MR) is 139 cm³/mol. The van der Waals surface area contributed by atoms with Gasteiger partial charge in [0.2, 0.25) is 5.91 Å². The van der Waals surface area contributed by atoms with Crippen LogP contribution in [0.1, 0.15) is 23.9 Å². The number of rotatable bonds is 3. The van der Waals surface area contributed by atoms with Gasteiger partial charge in [-0.15, -0.1) is 0 Å². The molecule has 0 saturated carbocycles. The minimum atomic E-state index is -1.76. The average molecular weight is 517 g/mol. The second-order valence-electron chi connectivity index (χ2n) is 9.86. The molecular formula is C26H25FN8O3. The van der Waals surface area contributed by atoms with Crippen molar-refractivity contribution in [3.63, 3.8) is 0 Å². The Morgan fingerprint density at radius 2 is 1.95 bits per heavy atom. The zero-order chi connectivity index (χ0) is 26.9. The first-order valence-electron chi connectivity index (χ1n) is 12.0. The Hall–Kier alpha value is -4.58. The van der Waals surface area contributed by atoms with Gasteiger partial charge in [0.15, 0.2) is 17.2 Å². The molecule has 0 unspecified atom stereocenters. The molecule has 2 aliphatic heterocycles. The number of hydrogen-bond acceptors (Lipinski definition) is 8. The number of carbonyl (C=O) groups excluding carboxylic acids is 2. The summed E-state index contributed by atoms with van der Waals surface area (Å²) in [6.07, 6.45) is 3.61. The van der Waals surface area contributed by atoms with E-state index in [9.17, 15) is 14.7 Å². The monoisotopic (exact) mass is 516 g/mol. The highest BCUT2D eigenvalue weighted by molar-refractivity contribution is 6.06. The number of benzene rings is 1. The third-order valence-corrected chi connectivity index (χ3v) is 7.30. The van der Waals surface area contributed by atoms with Crippen LogP contribution in [0.4, 0.5) is 27.4 Å². The molecule has 0 fully saturated rings. The van der Waals surface area contributed by atoms with Crippen LogP contribution in [-0.4, -0.2) is 55.2 Å². The van der Waals surface area contributed by atoms with E-state index in [1.807, 2.05) is 6.07 Å². The highest BCUT2D eigenvalue weighted by Gasteiger charge is 2.43. The number of pyridine rings is 2. The molecule has 3 aromatic heterocycles. The van der Waals surface area contributed by atoms with Crippen LogP contribution >= 0.6 is 0 Å². The summed E-state index contributed by atoms with van der Waals surface area (Å²) in [6, 6.07) is 5.27. The molecule has 0 spiro atoms. The highest BCUT2D eigenvalue weighted by Crippen LogP contribution is 2.42. The van der Waals surface area contributed by atoms with Gasteiger partial charge >= 0.3 is 0 Å². The molecule has 0 saturated heterocycles. The fourth-order valence-electron chi connectivity index (χ4n) is 4.94. The van der Waals surface area contributed by atoms with E-state index in [-0.39, 0.29) is 29.4 Å². The molecule has 11 nitrogen and oxygen atoms in total. The van der Waals surface area contributed by atoms with Crippen molar-refractivity contribution in [1.29, 1.82) is 0 Å². The van der Waals surface area contributed by atoms with Crippen LogP contribution in [0.3, 0.4) is 0 Å². The number of amides is 2. The van der Waals surface area contributed by atoms with E-state index in [2.05, 4.69) is 25.7 Å². The molecule has 5 heterocycles. The summed E-state index contributed by atoms with van der Waals surface area (Å²) in [7, 11) is 1.77. The van der Waals surface area contributed by atoms with E-state index in [4.69, 9.17) is 5.73 Å². The van der Waals surface area contributed by atoms with E-state index >= 15 is 4.39 Å². The van der Waals surface area contributed by atoms with Gasteiger partial charge < -0.3 is 26.4 Å². The second-order valence-corrected chi connectivity index (χ2v) is 9.86. The molecule has 6 rings (SSSR count). The van der Waals surface area contributed by atoms with Crippen molar-refractivity contribution >= 4 is 45.6 Å².